The minimum Gasteiger partial charge on any atom is -0.355 e. The van der Waals surface area contributed by atoms with Gasteiger partial charge < -0.3 is 10.6 Å². The van der Waals surface area contributed by atoms with Crippen molar-refractivity contribution in [2.75, 3.05) is 17.6 Å². The Morgan fingerprint density at radius 3 is 2.19 bits per heavy atom. The normalized spacial score (nSPS) is 17.5. The van der Waals surface area contributed by atoms with Crippen LogP contribution in [0.1, 0.15) is 115 Å². The third kappa shape index (κ3) is 13.0. The van der Waals surface area contributed by atoms with Crippen molar-refractivity contribution in [2.24, 2.45) is 0 Å². The molecule has 0 bridgehead atoms. The van der Waals surface area contributed by atoms with E-state index in [-0.39, 0.29) is 23.2 Å². The van der Waals surface area contributed by atoms with E-state index >= 15 is 0 Å². The number of carbonyl (C=O) groups is 2. The molecule has 1 unspecified atom stereocenters. The molecule has 2 atom stereocenters. The number of nitrogens with one attached hydrogen (secondary N) is 3. The highest BCUT2D eigenvalue weighted by Gasteiger charge is 2.31. The highest BCUT2D eigenvalue weighted by Crippen LogP contribution is 2.36. The average molecular weight is 516 g/mol. The molecule has 3 N–H and O–H groups in total. The molecule has 36 heavy (non-hydrogen) atoms. The maximum absolute atomic E-state index is 12.6. The Labute approximate surface area is 224 Å². The minimum atomic E-state index is -0.196. The van der Waals surface area contributed by atoms with E-state index in [2.05, 4.69) is 35.0 Å². The number of carbonyl (C=O) groups excluding carboxylic acids is 2. The molecule has 1 fully saturated rings. The van der Waals surface area contributed by atoms with Crippen LogP contribution in [0.4, 0.5) is 5.69 Å². The number of allylic oxidation sites excluding steroid dienone is 2. The Kier molecular flexibility index (Phi) is 16.3. The standard InChI is InChI=1S/C30H49N3O2S/c1-3-4-5-6-7-8-9-10-11-12-13-14-15-16-17-20-23-31-29(35)28-24-36-30(33-28)26-21-18-19-22-27(26)32-25(2)34/h11-12,18-19,21-22,28,30,33H,3-10,13-17,20,23-24H2,1-2H3,(H,31,35)(H,32,34)/t28-,30?/m0/s1. The maximum Gasteiger partial charge on any atom is 0.238 e. The molecular weight excluding hydrogens is 466 g/mol. The Morgan fingerprint density at radius 2 is 1.53 bits per heavy atom. The third-order valence-corrected chi connectivity index (χ3v) is 7.89. The predicted molar refractivity (Wildman–Crippen MR) is 155 cm³/mol. The molecule has 202 valence electrons. The van der Waals surface area contributed by atoms with Crippen molar-refractivity contribution in [1.82, 2.24) is 10.6 Å². The van der Waals surface area contributed by atoms with Crippen molar-refractivity contribution in [3.05, 3.63) is 42.0 Å². The molecule has 1 aromatic rings. The van der Waals surface area contributed by atoms with Gasteiger partial charge in [0.15, 0.2) is 0 Å². The zero-order chi connectivity index (χ0) is 25.8. The second kappa shape index (κ2) is 19.3. The molecule has 5 nitrogen and oxygen atoms in total. The molecule has 1 aromatic carbocycles. The van der Waals surface area contributed by atoms with Crippen molar-refractivity contribution >= 4 is 29.3 Å². The highest BCUT2D eigenvalue weighted by molar-refractivity contribution is 7.99. The van der Waals surface area contributed by atoms with E-state index in [9.17, 15) is 9.59 Å². The number of hydrogen-bond donors (Lipinski definition) is 3. The maximum atomic E-state index is 12.6. The van der Waals surface area contributed by atoms with Gasteiger partial charge in [-0.15, -0.1) is 11.8 Å². The van der Waals surface area contributed by atoms with E-state index < -0.39 is 0 Å². The van der Waals surface area contributed by atoms with E-state index in [1.807, 2.05) is 24.3 Å². The van der Waals surface area contributed by atoms with Crippen LogP contribution in [0.5, 0.6) is 0 Å². The number of amides is 2. The van der Waals surface area contributed by atoms with Gasteiger partial charge in [-0.25, -0.2) is 0 Å². The molecule has 0 radical (unpaired) electrons. The molecule has 1 saturated heterocycles. The van der Waals surface area contributed by atoms with E-state index in [0.717, 1.165) is 30.0 Å². The van der Waals surface area contributed by atoms with Crippen molar-refractivity contribution in [1.29, 1.82) is 0 Å². The van der Waals surface area contributed by atoms with E-state index in [1.54, 1.807) is 11.8 Å². The van der Waals surface area contributed by atoms with Gasteiger partial charge in [-0.2, -0.15) is 0 Å². The van der Waals surface area contributed by atoms with Crippen LogP contribution in [0.2, 0.25) is 0 Å². The second-order valence-corrected chi connectivity index (χ2v) is 11.1. The zero-order valence-electron chi connectivity index (χ0n) is 22.7. The first kappa shape index (κ1) is 30.4. The number of thioether (sulfide) groups is 1. The highest BCUT2D eigenvalue weighted by atomic mass is 32.2. The molecule has 1 heterocycles. The van der Waals surface area contributed by atoms with Gasteiger partial charge in [-0.3, -0.25) is 14.9 Å². The average Bonchev–Trinajstić information content (AvgIpc) is 3.36. The summed E-state index contributed by atoms with van der Waals surface area (Å²) in [5.74, 6) is 0.723. The Balaban J connectivity index is 1.45. The first-order valence-corrected chi connectivity index (χ1v) is 15.3. The van der Waals surface area contributed by atoms with Crippen LogP contribution in [0.3, 0.4) is 0 Å². The monoisotopic (exact) mass is 515 g/mol. The lowest BCUT2D eigenvalue weighted by atomic mass is 10.1. The van der Waals surface area contributed by atoms with Crippen LogP contribution < -0.4 is 16.0 Å². The second-order valence-electron chi connectivity index (χ2n) is 9.93. The molecular formula is C30H49N3O2S. The summed E-state index contributed by atoms with van der Waals surface area (Å²) in [6.07, 6.45) is 22.8. The molecule has 1 aliphatic rings. The summed E-state index contributed by atoms with van der Waals surface area (Å²) in [5.41, 5.74) is 1.82. The fourth-order valence-corrected chi connectivity index (χ4v) is 5.82. The van der Waals surface area contributed by atoms with Crippen molar-refractivity contribution < 1.29 is 9.59 Å². The van der Waals surface area contributed by atoms with Crippen molar-refractivity contribution in [3.8, 4) is 0 Å². The number of rotatable bonds is 19. The van der Waals surface area contributed by atoms with Gasteiger partial charge in [-0.05, 0) is 38.2 Å². The molecule has 6 heteroatoms. The quantitative estimate of drug-likeness (QED) is 0.132. The first-order chi connectivity index (χ1) is 17.6. The SMILES string of the molecule is CCCCCCCCCC=CCCCCCCCNC(=O)[C@@H]1CSC(c2ccccc2NC(C)=O)N1. The van der Waals surface area contributed by atoms with Gasteiger partial charge in [0.25, 0.3) is 0 Å². The Morgan fingerprint density at radius 1 is 0.917 bits per heavy atom. The number of hydrogen-bond acceptors (Lipinski definition) is 4. The molecule has 2 rings (SSSR count). The predicted octanol–water partition coefficient (Wildman–Crippen LogP) is 7.50. The van der Waals surface area contributed by atoms with Gasteiger partial charge in [0.05, 0.1) is 11.4 Å². The molecule has 0 saturated carbocycles. The summed E-state index contributed by atoms with van der Waals surface area (Å²) in [4.78, 5) is 24.1. The van der Waals surface area contributed by atoms with Gasteiger partial charge in [-0.1, -0.05) is 95.1 Å². The molecule has 0 spiro atoms. The zero-order valence-corrected chi connectivity index (χ0v) is 23.5. The lowest BCUT2D eigenvalue weighted by Gasteiger charge is -2.17. The van der Waals surface area contributed by atoms with E-state index in [1.165, 1.54) is 90.4 Å². The Bertz CT molecular complexity index is 783. The summed E-state index contributed by atoms with van der Waals surface area (Å²) in [7, 11) is 0. The molecule has 0 aromatic heterocycles. The van der Waals surface area contributed by atoms with Crippen LogP contribution in [0.25, 0.3) is 0 Å². The fourth-order valence-electron chi connectivity index (χ4n) is 4.54. The van der Waals surface area contributed by atoms with Gasteiger partial charge in [0.1, 0.15) is 0 Å². The summed E-state index contributed by atoms with van der Waals surface area (Å²) in [6.45, 7) is 4.53. The molecule has 1 aliphatic heterocycles. The first-order valence-electron chi connectivity index (χ1n) is 14.3. The van der Waals surface area contributed by atoms with Crippen molar-refractivity contribution in [3.63, 3.8) is 0 Å². The number of unbranched alkanes of at least 4 members (excludes halogenated alkanes) is 12. The summed E-state index contributed by atoms with van der Waals surface area (Å²) in [5, 5.41) is 9.41. The molecule has 2 amide bonds. The lowest BCUT2D eigenvalue weighted by Crippen LogP contribution is -2.42. The van der Waals surface area contributed by atoms with Gasteiger partial charge in [0.2, 0.25) is 11.8 Å². The Hall–Kier alpha value is -1.79. The fraction of sp³-hybridized carbons (Fsp3) is 0.667. The number of benzene rings is 1. The number of para-hydroxylation sites is 1. The van der Waals surface area contributed by atoms with Crippen LogP contribution in [-0.4, -0.2) is 30.2 Å². The summed E-state index contributed by atoms with van der Waals surface area (Å²) >= 11 is 1.71. The minimum absolute atomic E-state index is 0.00778. The van der Waals surface area contributed by atoms with Crippen molar-refractivity contribution in [2.45, 2.75) is 115 Å². The lowest BCUT2D eigenvalue weighted by molar-refractivity contribution is -0.122. The van der Waals surface area contributed by atoms with Gasteiger partial charge in [0, 0.05) is 30.5 Å². The summed E-state index contributed by atoms with van der Waals surface area (Å²) < 4.78 is 0. The number of anilines is 1. The van der Waals surface area contributed by atoms with E-state index in [4.69, 9.17) is 0 Å². The third-order valence-electron chi connectivity index (χ3n) is 6.64. The topological polar surface area (TPSA) is 70.2 Å². The summed E-state index contributed by atoms with van der Waals surface area (Å²) in [6, 6.07) is 7.58. The van der Waals surface area contributed by atoms with E-state index in [0.29, 0.717) is 0 Å². The van der Waals surface area contributed by atoms with Crippen LogP contribution >= 0.6 is 11.8 Å². The smallest absolute Gasteiger partial charge is 0.238 e. The van der Waals surface area contributed by atoms with Crippen LogP contribution in [0, 0.1) is 0 Å². The van der Waals surface area contributed by atoms with Crippen LogP contribution in [0.15, 0.2) is 36.4 Å². The largest absolute Gasteiger partial charge is 0.355 e. The van der Waals surface area contributed by atoms with Crippen LogP contribution in [-0.2, 0) is 9.59 Å². The molecule has 0 aliphatic carbocycles. The van der Waals surface area contributed by atoms with Gasteiger partial charge >= 0.3 is 0 Å².